The van der Waals surface area contributed by atoms with Gasteiger partial charge in [-0.05, 0) is 78.7 Å². The first-order valence-electron chi connectivity index (χ1n) is 13.0. The van der Waals surface area contributed by atoms with Gasteiger partial charge in [0, 0.05) is 32.6 Å². The van der Waals surface area contributed by atoms with E-state index >= 15 is 0 Å². The van der Waals surface area contributed by atoms with E-state index in [1.165, 1.54) is 13.3 Å². The summed E-state index contributed by atoms with van der Waals surface area (Å²) in [7, 11) is 1.51. The summed E-state index contributed by atoms with van der Waals surface area (Å²) in [5.74, 6) is 0.425. The first-order chi connectivity index (χ1) is 20.3. The van der Waals surface area contributed by atoms with Crippen molar-refractivity contribution in [3.63, 3.8) is 0 Å². The minimum atomic E-state index is -0.344. The molecule has 0 aliphatic heterocycles. The molecule has 1 amide bonds. The Balaban J connectivity index is 1.25. The third kappa shape index (κ3) is 6.63. The van der Waals surface area contributed by atoms with Crippen molar-refractivity contribution >= 4 is 46.9 Å². The van der Waals surface area contributed by atoms with Crippen molar-refractivity contribution in [2.24, 2.45) is 5.10 Å². The van der Waals surface area contributed by atoms with Gasteiger partial charge < -0.3 is 14.0 Å². The van der Waals surface area contributed by atoms with Crippen molar-refractivity contribution in [3.05, 3.63) is 135 Å². The number of hydrogen-bond donors (Lipinski definition) is 1. The first kappa shape index (κ1) is 29.3. The molecule has 0 bridgehead atoms. The van der Waals surface area contributed by atoms with Crippen molar-refractivity contribution in [2.75, 3.05) is 7.11 Å². The maximum atomic E-state index is 12.8. The highest BCUT2D eigenvalue weighted by Crippen LogP contribution is 2.37. The van der Waals surface area contributed by atoms with Gasteiger partial charge in [0.1, 0.15) is 6.61 Å². The molecule has 0 unspecified atom stereocenters. The summed E-state index contributed by atoms with van der Waals surface area (Å²) in [6.45, 7) is 2.22. The SMILES string of the molecule is COc1cc(/C=N/NC(=O)c2ccc(-n3c(C)ccc3-c3ccccc3)cc2)cc(Cl)c1OCc1ccc(Cl)cc1Cl. The largest absolute Gasteiger partial charge is 0.493 e. The number of nitrogens with zero attached hydrogens (tertiary/aromatic N) is 2. The van der Waals surface area contributed by atoms with Crippen LogP contribution in [0.2, 0.25) is 15.1 Å². The molecule has 6 nitrogen and oxygen atoms in total. The Morgan fingerprint density at radius 1 is 0.905 bits per heavy atom. The lowest BCUT2D eigenvalue weighted by molar-refractivity contribution is 0.0955. The fraction of sp³-hybridized carbons (Fsp3) is 0.0909. The molecule has 0 aliphatic rings. The number of carbonyl (C=O) groups excluding carboxylic acids is 1. The van der Waals surface area contributed by atoms with Crippen LogP contribution in [0.15, 0.2) is 102 Å². The molecule has 1 N–H and O–H groups in total. The molecular weight excluding hydrogens is 593 g/mol. The maximum Gasteiger partial charge on any atom is 0.271 e. The van der Waals surface area contributed by atoms with Crippen molar-refractivity contribution in [1.82, 2.24) is 9.99 Å². The van der Waals surface area contributed by atoms with Crippen LogP contribution in [0.3, 0.4) is 0 Å². The van der Waals surface area contributed by atoms with Gasteiger partial charge in [-0.2, -0.15) is 5.10 Å². The number of benzene rings is 4. The Bertz CT molecular complexity index is 1750. The summed E-state index contributed by atoms with van der Waals surface area (Å²) < 4.78 is 13.5. The van der Waals surface area contributed by atoms with Crippen LogP contribution in [0.25, 0.3) is 16.9 Å². The smallest absolute Gasteiger partial charge is 0.271 e. The van der Waals surface area contributed by atoms with Crippen molar-refractivity contribution < 1.29 is 14.3 Å². The molecule has 5 rings (SSSR count). The molecule has 5 aromatic rings. The fourth-order valence-corrected chi connectivity index (χ4v) is 5.19. The zero-order valence-corrected chi connectivity index (χ0v) is 25.0. The lowest BCUT2D eigenvalue weighted by Gasteiger charge is -2.14. The second-order valence-electron chi connectivity index (χ2n) is 9.37. The molecule has 0 saturated carbocycles. The number of halogens is 3. The van der Waals surface area contributed by atoms with E-state index in [-0.39, 0.29) is 12.5 Å². The summed E-state index contributed by atoms with van der Waals surface area (Å²) in [5.41, 5.74) is 8.64. The van der Waals surface area contributed by atoms with Gasteiger partial charge in [0.25, 0.3) is 5.91 Å². The van der Waals surface area contributed by atoms with Crippen LogP contribution < -0.4 is 14.9 Å². The number of hydrazone groups is 1. The van der Waals surface area contributed by atoms with E-state index < -0.39 is 0 Å². The van der Waals surface area contributed by atoms with Gasteiger partial charge in [-0.25, -0.2) is 5.43 Å². The van der Waals surface area contributed by atoms with E-state index in [1.807, 2.05) is 30.3 Å². The maximum absolute atomic E-state index is 12.8. The van der Waals surface area contributed by atoms with E-state index in [1.54, 1.807) is 42.5 Å². The van der Waals surface area contributed by atoms with Gasteiger partial charge in [0.05, 0.1) is 24.0 Å². The summed E-state index contributed by atoms with van der Waals surface area (Å²) in [6, 6.07) is 30.3. The third-order valence-electron chi connectivity index (χ3n) is 6.55. The second-order valence-corrected chi connectivity index (χ2v) is 10.6. The number of rotatable bonds is 9. The quantitative estimate of drug-likeness (QED) is 0.133. The molecule has 0 atom stereocenters. The van der Waals surface area contributed by atoms with Gasteiger partial charge in [0.2, 0.25) is 0 Å². The van der Waals surface area contributed by atoms with Crippen molar-refractivity contribution in [2.45, 2.75) is 13.5 Å². The zero-order valence-electron chi connectivity index (χ0n) is 22.8. The number of aryl methyl sites for hydroxylation is 1. The van der Waals surface area contributed by atoms with Crippen LogP contribution in [0.4, 0.5) is 0 Å². The number of amides is 1. The minimum Gasteiger partial charge on any atom is -0.493 e. The number of methoxy groups -OCH3 is 1. The van der Waals surface area contributed by atoms with Gasteiger partial charge in [0.15, 0.2) is 11.5 Å². The summed E-state index contributed by atoms with van der Waals surface area (Å²) in [4.78, 5) is 12.8. The highest BCUT2D eigenvalue weighted by atomic mass is 35.5. The molecule has 212 valence electrons. The highest BCUT2D eigenvalue weighted by Gasteiger charge is 2.14. The number of carbonyl (C=O) groups is 1. The summed E-state index contributed by atoms with van der Waals surface area (Å²) in [6.07, 6.45) is 1.48. The van der Waals surface area contributed by atoms with Crippen LogP contribution in [-0.4, -0.2) is 23.8 Å². The van der Waals surface area contributed by atoms with Gasteiger partial charge in [-0.15, -0.1) is 0 Å². The molecule has 0 aliphatic carbocycles. The molecule has 0 spiro atoms. The Hall–Kier alpha value is -4.23. The highest BCUT2D eigenvalue weighted by molar-refractivity contribution is 6.35. The first-order valence-corrected chi connectivity index (χ1v) is 14.1. The van der Waals surface area contributed by atoms with E-state index in [0.29, 0.717) is 37.7 Å². The fourth-order valence-electron chi connectivity index (χ4n) is 4.45. The zero-order chi connectivity index (χ0) is 29.6. The normalized spacial score (nSPS) is 11.1. The number of aromatic nitrogens is 1. The van der Waals surface area contributed by atoms with E-state index in [4.69, 9.17) is 44.3 Å². The predicted molar refractivity (Wildman–Crippen MR) is 170 cm³/mol. The minimum absolute atomic E-state index is 0.172. The van der Waals surface area contributed by atoms with Crippen molar-refractivity contribution in [3.8, 4) is 28.4 Å². The molecule has 1 aromatic heterocycles. The number of ether oxygens (including phenoxy) is 2. The molecule has 0 fully saturated rings. The second kappa shape index (κ2) is 13.2. The van der Waals surface area contributed by atoms with Gasteiger partial charge in [-0.1, -0.05) is 71.2 Å². The molecule has 42 heavy (non-hydrogen) atoms. The van der Waals surface area contributed by atoms with Crippen molar-refractivity contribution in [1.29, 1.82) is 0 Å². The Labute approximate surface area is 259 Å². The van der Waals surface area contributed by atoms with E-state index in [0.717, 1.165) is 28.2 Å². The third-order valence-corrected chi connectivity index (χ3v) is 7.42. The van der Waals surface area contributed by atoms with Crippen LogP contribution in [0.1, 0.15) is 27.2 Å². The molecular formula is C33H26Cl3N3O3. The van der Waals surface area contributed by atoms with Crippen LogP contribution in [0.5, 0.6) is 11.5 Å². The van der Waals surface area contributed by atoms with Gasteiger partial charge >= 0.3 is 0 Å². The Morgan fingerprint density at radius 2 is 1.67 bits per heavy atom. The lowest BCUT2D eigenvalue weighted by atomic mass is 10.1. The average molecular weight is 619 g/mol. The van der Waals surface area contributed by atoms with Gasteiger partial charge in [-0.3, -0.25) is 4.79 Å². The number of hydrogen-bond acceptors (Lipinski definition) is 4. The summed E-state index contributed by atoms with van der Waals surface area (Å²) in [5, 5.41) is 5.45. The molecule has 0 saturated heterocycles. The Kier molecular flexibility index (Phi) is 9.18. The Morgan fingerprint density at radius 3 is 2.38 bits per heavy atom. The topological polar surface area (TPSA) is 64.8 Å². The monoisotopic (exact) mass is 617 g/mol. The molecule has 0 radical (unpaired) electrons. The molecule has 9 heteroatoms. The van der Waals surface area contributed by atoms with Crippen LogP contribution in [-0.2, 0) is 6.61 Å². The standard InChI is InChI=1S/C33H26Cl3N3O3/c1-21-8-15-30(23-6-4-3-5-7-23)39(21)27-13-10-24(11-14-27)33(40)38-37-19-22-16-29(36)32(31(17-22)41-2)42-20-25-9-12-26(34)18-28(25)35/h3-19H,20H2,1-2H3,(H,38,40)/b37-19+. The average Bonchev–Trinajstić information content (AvgIpc) is 3.38. The molecule has 1 heterocycles. The summed E-state index contributed by atoms with van der Waals surface area (Å²) >= 11 is 18.7. The number of nitrogens with one attached hydrogen (secondary N) is 1. The van der Waals surface area contributed by atoms with E-state index in [9.17, 15) is 4.79 Å². The molecule has 4 aromatic carbocycles. The lowest BCUT2D eigenvalue weighted by Crippen LogP contribution is -2.17. The predicted octanol–water partition coefficient (Wildman–Crippen LogP) is 8.76. The van der Waals surface area contributed by atoms with E-state index in [2.05, 4.69) is 46.3 Å². The van der Waals surface area contributed by atoms with Crippen LogP contribution in [0, 0.1) is 6.92 Å². The van der Waals surface area contributed by atoms with Crippen LogP contribution >= 0.6 is 34.8 Å².